The molecular weight excluding hydrogens is 231 g/mol. The molecule has 0 aliphatic rings. The highest BCUT2D eigenvalue weighted by atomic mass is 31.2. The lowest BCUT2D eigenvalue weighted by atomic mass is 10.1. The second-order valence-corrected chi connectivity index (χ2v) is 4.86. The first-order valence-electron chi connectivity index (χ1n) is 4.38. The van der Waals surface area contributed by atoms with E-state index >= 15 is 0 Å². The zero-order chi connectivity index (χ0) is 12.3. The predicted octanol–water partition coefficient (Wildman–Crippen LogP) is 0.977. The van der Waals surface area contributed by atoms with Crippen molar-refractivity contribution in [1.82, 2.24) is 0 Å². The molecule has 1 aromatic carbocycles. The van der Waals surface area contributed by atoms with Gasteiger partial charge in [-0.05, 0) is 30.2 Å². The van der Waals surface area contributed by atoms with Crippen molar-refractivity contribution in [3.8, 4) is 0 Å². The summed E-state index contributed by atoms with van der Waals surface area (Å²) in [6.45, 7) is 1.61. The molecule has 0 atom stereocenters. The van der Waals surface area contributed by atoms with Gasteiger partial charge in [0.1, 0.15) is 0 Å². The third-order valence-corrected chi connectivity index (χ3v) is 2.97. The number of hydrogen-bond donors (Lipinski definition) is 3. The summed E-state index contributed by atoms with van der Waals surface area (Å²) in [5.74, 6) is -1.06. The summed E-state index contributed by atoms with van der Waals surface area (Å²) >= 11 is 0. The Balaban J connectivity index is 3.05. The van der Waals surface area contributed by atoms with Gasteiger partial charge < -0.3 is 14.9 Å². The van der Waals surface area contributed by atoms with Crippen molar-refractivity contribution in [1.29, 1.82) is 0 Å². The highest BCUT2D eigenvalue weighted by Gasteiger charge is 2.16. The van der Waals surface area contributed by atoms with E-state index in [0.29, 0.717) is 11.1 Å². The van der Waals surface area contributed by atoms with Crippen LogP contribution < -0.4 is 5.30 Å². The Morgan fingerprint density at radius 2 is 1.75 bits per heavy atom. The lowest BCUT2D eigenvalue weighted by molar-refractivity contribution is -0.131. The van der Waals surface area contributed by atoms with E-state index in [1.165, 1.54) is 24.3 Å². The second-order valence-electron chi connectivity index (χ2n) is 3.26. The quantitative estimate of drug-likeness (QED) is 0.542. The molecule has 3 N–H and O–H groups in total. The van der Waals surface area contributed by atoms with E-state index in [1.807, 2.05) is 0 Å². The molecule has 0 unspecified atom stereocenters. The van der Waals surface area contributed by atoms with E-state index < -0.39 is 13.6 Å². The summed E-state index contributed by atoms with van der Waals surface area (Å²) in [4.78, 5) is 28.1. The minimum Gasteiger partial charge on any atom is -0.478 e. The Morgan fingerprint density at radius 1 is 1.25 bits per heavy atom. The van der Waals surface area contributed by atoms with Crippen LogP contribution >= 0.6 is 7.60 Å². The fraction of sp³-hybridized carbons (Fsp3) is 0.100. The monoisotopic (exact) mass is 242 g/mol. The fourth-order valence-electron chi connectivity index (χ4n) is 1.19. The van der Waals surface area contributed by atoms with Crippen LogP contribution in [0.1, 0.15) is 12.5 Å². The molecule has 5 nitrogen and oxygen atoms in total. The summed E-state index contributed by atoms with van der Waals surface area (Å²) in [5.41, 5.74) is 1.13. The average Bonchev–Trinajstić information content (AvgIpc) is 2.15. The van der Waals surface area contributed by atoms with Crippen LogP contribution in [0.25, 0.3) is 5.57 Å². The van der Waals surface area contributed by atoms with Crippen LogP contribution in [0.15, 0.2) is 30.3 Å². The Bertz CT molecular complexity index is 468. The summed E-state index contributed by atoms with van der Waals surface area (Å²) in [6, 6.07) is 5.52. The molecular formula is C10H11O5P. The Hall–Kier alpha value is -1.42. The van der Waals surface area contributed by atoms with Crippen LogP contribution in [0.2, 0.25) is 0 Å². The van der Waals surface area contributed by atoms with Crippen LogP contribution in [0.4, 0.5) is 0 Å². The van der Waals surface area contributed by atoms with Crippen molar-refractivity contribution in [3.63, 3.8) is 0 Å². The molecule has 0 aliphatic carbocycles. The zero-order valence-corrected chi connectivity index (χ0v) is 9.39. The summed E-state index contributed by atoms with van der Waals surface area (Å²) in [6.07, 6.45) is 1.03. The van der Waals surface area contributed by atoms with E-state index in [2.05, 4.69) is 0 Å². The smallest absolute Gasteiger partial charge is 0.356 e. The number of allylic oxidation sites excluding steroid dienone is 1. The van der Waals surface area contributed by atoms with Gasteiger partial charge in [-0.25, -0.2) is 4.79 Å². The average molecular weight is 242 g/mol. The minimum atomic E-state index is -4.23. The van der Waals surface area contributed by atoms with Gasteiger partial charge in [-0.15, -0.1) is 0 Å². The molecule has 0 aromatic heterocycles. The predicted molar refractivity (Wildman–Crippen MR) is 59.4 cm³/mol. The molecule has 1 aromatic rings. The van der Waals surface area contributed by atoms with Crippen LogP contribution in [-0.2, 0) is 9.36 Å². The molecule has 86 valence electrons. The van der Waals surface area contributed by atoms with E-state index in [1.54, 1.807) is 6.92 Å². The molecule has 1 rings (SSSR count). The van der Waals surface area contributed by atoms with Gasteiger partial charge in [0.15, 0.2) is 0 Å². The molecule has 0 bridgehead atoms. The third-order valence-electron chi connectivity index (χ3n) is 2.00. The molecule has 6 heteroatoms. The first-order chi connectivity index (χ1) is 7.30. The topological polar surface area (TPSA) is 94.8 Å². The van der Waals surface area contributed by atoms with E-state index in [-0.39, 0.29) is 5.30 Å². The molecule has 0 aliphatic heterocycles. The van der Waals surface area contributed by atoms with Crippen molar-refractivity contribution >= 4 is 24.4 Å². The summed E-state index contributed by atoms with van der Waals surface area (Å²) in [7, 11) is -4.23. The van der Waals surface area contributed by atoms with Gasteiger partial charge >= 0.3 is 13.6 Å². The van der Waals surface area contributed by atoms with Crippen molar-refractivity contribution in [2.45, 2.75) is 6.92 Å². The standard InChI is InChI=1S/C10H11O5P/c1-7(6-10(11)12)8-2-4-9(5-3-8)16(13,14)15/h2-6H,1H3,(H,11,12)(H2,13,14,15)/b7-6-. The highest BCUT2D eigenvalue weighted by molar-refractivity contribution is 7.60. The van der Waals surface area contributed by atoms with Gasteiger partial charge in [0, 0.05) is 6.08 Å². The van der Waals surface area contributed by atoms with Crippen molar-refractivity contribution < 1.29 is 24.3 Å². The van der Waals surface area contributed by atoms with E-state index in [4.69, 9.17) is 14.9 Å². The molecule has 0 radical (unpaired) electrons. The first kappa shape index (κ1) is 12.6. The van der Waals surface area contributed by atoms with Crippen LogP contribution in [0.3, 0.4) is 0 Å². The Labute approximate surface area is 92.2 Å². The van der Waals surface area contributed by atoms with Crippen molar-refractivity contribution in [2.75, 3.05) is 0 Å². The van der Waals surface area contributed by atoms with Crippen molar-refractivity contribution in [2.24, 2.45) is 0 Å². The summed E-state index contributed by atoms with van der Waals surface area (Å²) in [5, 5.41) is 8.44. The maximum absolute atomic E-state index is 10.9. The van der Waals surface area contributed by atoms with Gasteiger partial charge in [0.05, 0.1) is 5.30 Å². The van der Waals surface area contributed by atoms with Gasteiger partial charge in [-0.3, -0.25) is 4.57 Å². The normalized spacial score (nSPS) is 12.6. The zero-order valence-electron chi connectivity index (χ0n) is 8.49. The molecule has 0 spiro atoms. The van der Waals surface area contributed by atoms with Crippen LogP contribution in [-0.4, -0.2) is 20.9 Å². The lowest BCUT2D eigenvalue weighted by Crippen LogP contribution is -2.03. The second kappa shape index (κ2) is 4.61. The van der Waals surface area contributed by atoms with Gasteiger partial charge in [0.25, 0.3) is 0 Å². The van der Waals surface area contributed by atoms with Gasteiger partial charge in [-0.2, -0.15) is 0 Å². The number of benzene rings is 1. The minimum absolute atomic E-state index is 0.0839. The highest BCUT2D eigenvalue weighted by Crippen LogP contribution is 2.33. The largest absolute Gasteiger partial charge is 0.478 e. The van der Waals surface area contributed by atoms with E-state index in [9.17, 15) is 9.36 Å². The number of hydrogen-bond acceptors (Lipinski definition) is 2. The van der Waals surface area contributed by atoms with Crippen molar-refractivity contribution in [3.05, 3.63) is 35.9 Å². The summed E-state index contributed by atoms with van der Waals surface area (Å²) < 4.78 is 10.9. The number of carboxylic acids is 1. The number of carboxylic acid groups (broad SMARTS) is 1. The van der Waals surface area contributed by atoms with E-state index in [0.717, 1.165) is 6.08 Å². The molecule has 0 heterocycles. The van der Waals surface area contributed by atoms with Crippen LogP contribution in [0, 0.1) is 0 Å². The molecule has 0 saturated heterocycles. The molecule has 0 saturated carbocycles. The number of carbonyl (C=O) groups is 1. The number of aliphatic carboxylic acids is 1. The maximum Gasteiger partial charge on any atom is 0.356 e. The Kier molecular flexibility index (Phi) is 3.65. The molecule has 0 fully saturated rings. The van der Waals surface area contributed by atoms with Gasteiger partial charge in [-0.1, -0.05) is 12.1 Å². The molecule has 16 heavy (non-hydrogen) atoms. The SMILES string of the molecule is C/C(=C/C(=O)O)c1ccc(P(=O)(O)O)cc1. The maximum atomic E-state index is 10.9. The number of rotatable bonds is 3. The lowest BCUT2D eigenvalue weighted by Gasteiger charge is -2.05. The fourth-order valence-corrected chi connectivity index (χ4v) is 1.72. The first-order valence-corrected chi connectivity index (χ1v) is 5.99. The molecule has 0 amide bonds. The third kappa shape index (κ3) is 3.31. The van der Waals surface area contributed by atoms with Crippen LogP contribution in [0.5, 0.6) is 0 Å². The Morgan fingerprint density at radius 3 is 2.12 bits per heavy atom. The van der Waals surface area contributed by atoms with Gasteiger partial charge in [0.2, 0.25) is 0 Å².